The molecule has 56 valence electrons. The predicted octanol–water partition coefficient (Wildman–Crippen LogP) is 2.33. The lowest BCUT2D eigenvalue weighted by atomic mass is 10.2. The van der Waals surface area contributed by atoms with Crippen LogP contribution in [0.2, 0.25) is 0 Å². The highest BCUT2D eigenvalue weighted by molar-refractivity contribution is 9.10. The predicted molar refractivity (Wildman–Crippen MR) is 45.4 cm³/mol. The molecule has 0 saturated heterocycles. The maximum Gasteiger partial charge on any atom is 0.137 e. The highest BCUT2D eigenvalue weighted by Crippen LogP contribution is 2.24. The minimum absolute atomic E-state index is 0.537. The fraction of sp³-hybridized carbons (Fsp3) is 0.125. The molecule has 3 heteroatoms. The Morgan fingerprint density at radius 2 is 2.27 bits per heavy atom. The first kappa shape index (κ1) is 8.09. The van der Waals surface area contributed by atoms with Gasteiger partial charge in [-0.25, -0.2) is 0 Å². The molecule has 1 rings (SSSR count). The lowest BCUT2D eigenvalue weighted by molar-refractivity contribution is 0.413. The van der Waals surface area contributed by atoms with Gasteiger partial charge in [0.15, 0.2) is 0 Å². The summed E-state index contributed by atoms with van der Waals surface area (Å²) in [5.74, 6) is 0.599. The van der Waals surface area contributed by atoms with Crippen molar-refractivity contribution in [2.75, 3.05) is 7.11 Å². The molecule has 0 aliphatic rings. The standard InChI is InChI=1S/C8H6BrNO/c1-11-8-4-2-3-7(9)6(8)5-10/h2-4H,1H3. The molecule has 0 saturated carbocycles. The molecular formula is C8H6BrNO. The topological polar surface area (TPSA) is 33.0 Å². The van der Waals surface area contributed by atoms with Gasteiger partial charge in [-0.05, 0) is 28.1 Å². The lowest BCUT2D eigenvalue weighted by Gasteiger charge is -2.01. The summed E-state index contributed by atoms with van der Waals surface area (Å²) in [4.78, 5) is 0. The van der Waals surface area contributed by atoms with Gasteiger partial charge >= 0.3 is 0 Å². The molecule has 0 atom stereocenters. The third-order valence-corrected chi connectivity index (χ3v) is 1.97. The number of nitriles is 1. The van der Waals surface area contributed by atoms with E-state index in [0.717, 1.165) is 4.47 Å². The van der Waals surface area contributed by atoms with Gasteiger partial charge in [0.2, 0.25) is 0 Å². The number of methoxy groups -OCH3 is 1. The van der Waals surface area contributed by atoms with Crippen LogP contribution in [0.3, 0.4) is 0 Å². The quantitative estimate of drug-likeness (QED) is 0.715. The minimum atomic E-state index is 0.537. The van der Waals surface area contributed by atoms with E-state index in [1.807, 2.05) is 12.1 Å². The van der Waals surface area contributed by atoms with E-state index in [1.54, 1.807) is 19.2 Å². The van der Waals surface area contributed by atoms with Crippen LogP contribution in [0.5, 0.6) is 5.75 Å². The number of benzene rings is 1. The molecular weight excluding hydrogens is 206 g/mol. The molecule has 0 aliphatic heterocycles. The first-order chi connectivity index (χ1) is 5.29. The molecule has 0 fully saturated rings. The minimum Gasteiger partial charge on any atom is -0.495 e. The van der Waals surface area contributed by atoms with E-state index in [1.165, 1.54) is 0 Å². The summed E-state index contributed by atoms with van der Waals surface area (Å²) < 4.78 is 5.73. The zero-order valence-corrected chi connectivity index (χ0v) is 7.55. The Morgan fingerprint density at radius 1 is 1.55 bits per heavy atom. The van der Waals surface area contributed by atoms with Gasteiger partial charge in [-0.2, -0.15) is 5.26 Å². The number of hydrogen-bond donors (Lipinski definition) is 0. The molecule has 0 bridgehead atoms. The van der Waals surface area contributed by atoms with Gasteiger partial charge in [0.1, 0.15) is 17.4 Å². The smallest absolute Gasteiger partial charge is 0.137 e. The third kappa shape index (κ3) is 1.52. The Hall–Kier alpha value is -1.01. The third-order valence-electron chi connectivity index (χ3n) is 1.31. The fourth-order valence-corrected chi connectivity index (χ4v) is 1.22. The number of halogens is 1. The fourth-order valence-electron chi connectivity index (χ4n) is 0.783. The molecule has 0 spiro atoms. The van der Waals surface area contributed by atoms with Crippen molar-refractivity contribution in [1.82, 2.24) is 0 Å². The van der Waals surface area contributed by atoms with Crippen LogP contribution < -0.4 is 4.74 Å². The summed E-state index contributed by atoms with van der Waals surface area (Å²) in [6.07, 6.45) is 0. The van der Waals surface area contributed by atoms with Crippen molar-refractivity contribution in [2.45, 2.75) is 0 Å². The van der Waals surface area contributed by atoms with Crippen molar-refractivity contribution in [1.29, 1.82) is 5.26 Å². The Bertz CT molecular complexity index is 303. The maximum absolute atomic E-state index is 8.67. The van der Waals surface area contributed by atoms with E-state index >= 15 is 0 Å². The lowest BCUT2D eigenvalue weighted by Crippen LogP contribution is -1.87. The van der Waals surface area contributed by atoms with Crippen LogP contribution in [-0.2, 0) is 0 Å². The van der Waals surface area contributed by atoms with E-state index in [2.05, 4.69) is 15.9 Å². The summed E-state index contributed by atoms with van der Waals surface area (Å²) in [5, 5.41) is 8.67. The van der Waals surface area contributed by atoms with Gasteiger partial charge in [0.05, 0.1) is 7.11 Å². The summed E-state index contributed by atoms with van der Waals surface area (Å²) >= 11 is 3.25. The van der Waals surface area contributed by atoms with Gasteiger partial charge < -0.3 is 4.74 Å². The van der Waals surface area contributed by atoms with Crippen LogP contribution in [0.4, 0.5) is 0 Å². The Labute approximate surface area is 73.5 Å². The molecule has 1 aromatic rings. The van der Waals surface area contributed by atoms with Crippen LogP contribution in [0.15, 0.2) is 22.7 Å². The summed E-state index contributed by atoms with van der Waals surface area (Å²) in [5.41, 5.74) is 0.537. The first-order valence-electron chi connectivity index (χ1n) is 3.02. The second-order valence-corrected chi connectivity index (χ2v) is 2.78. The van der Waals surface area contributed by atoms with E-state index in [0.29, 0.717) is 11.3 Å². The van der Waals surface area contributed by atoms with Gasteiger partial charge in [-0.1, -0.05) is 6.07 Å². The van der Waals surface area contributed by atoms with Crippen molar-refractivity contribution in [2.24, 2.45) is 0 Å². The molecule has 0 amide bonds. The van der Waals surface area contributed by atoms with Gasteiger partial charge in [-0.15, -0.1) is 0 Å². The van der Waals surface area contributed by atoms with Crippen molar-refractivity contribution in [3.63, 3.8) is 0 Å². The Balaban J connectivity index is 3.27. The van der Waals surface area contributed by atoms with Crippen LogP contribution in [0.1, 0.15) is 5.56 Å². The molecule has 0 heterocycles. The second-order valence-electron chi connectivity index (χ2n) is 1.93. The first-order valence-corrected chi connectivity index (χ1v) is 3.81. The van der Waals surface area contributed by atoms with Crippen molar-refractivity contribution < 1.29 is 4.74 Å². The molecule has 0 aromatic heterocycles. The molecule has 0 radical (unpaired) electrons. The second kappa shape index (κ2) is 3.40. The van der Waals surface area contributed by atoms with E-state index in [9.17, 15) is 0 Å². The van der Waals surface area contributed by atoms with Crippen LogP contribution >= 0.6 is 15.9 Å². The van der Waals surface area contributed by atoms with Gasteiger partial charge in [0, 0.05) is 4.47 Å². The SMILES string of the molecule is COc1cccc(Br)c1C#N. The van der Waals surface area contributed by atoms with Gasteiger partial charge in [-0.3, -0.25) is 0 Å². The van der Waals surface area contributed by atoms with Gasteiger partial charge in [0.25, 0.3) is 0 Å². The van der Waals surface area contributed by atoms with E-state index in [-0.39, 0.29) is 0 Å². The summed E-state index contributed by atoms with van der Waals surface area (Å²) in [6, 6.07) is 7.43. The Kier molecular flexibility index (Phi) is 2.50. The number of hydrogen-bond acceptors (Lipinski definition) is 2. The van der Waals surface area contributed by atoms with Crippen LogP contribution in [0, 0.1) is 11.3 Å². The highest BCUT2D eigenvalue weighted by Gasteiger charge is 2.04. The maximum atomic E-state index is 8.67. The van der Waals surface area contributed by atoms with Crippen molar-refractivity contribution in [3.8, 4) is 11.8 Å². The number of ether oxygens (including phenoxy) is 1. The Morgan fingerprint density at radius 3 is 2.73 bits per heavy atom. The van der Waals surface area contributed by atoms with Crippen molar-refractivity contribution >= 4 is 15.9 Å². The van der Waals surface area contributed by atoms with Crippen molar-refractivity contribution in [3.05, 3.63) is 28.2 Å². The molecule has 2 nitrogen and oxygen atoms in total. The molecule has 0 unspecified atom stereocenters. The summed E-state index contributed by atoms with van der Waals surface area (Å²) in [6.45, 7) is 0. The highest BCUT2D eigenvalue weighted by atomic mass is 79.9. The molecule has 1 aromatic carbocycles. The molecule has 11 heavy (non-hydrogen) atoms. The number of rotatable bonds is 1. The molecule has 0 N–H and O–H groups in total. The average Bonchev–Trinajstić information content (AvgIpc) is 2.04. The largest absolute Gasteiger partial charge is 0.495 e. The van der Waals surface area contributed by atoms with Crippen LogP contribution in [-0.4, -0.2) is 7.11 Å². The van der Waals surface area contributed by atoms with E-state index in [4.69, 9.17) is 10.00 Å². The normalized spacial score (nSPS) is 8.82. The van der Waals surface area contributed by atoms with E-state index < -0.39 is 0 Å². The number of nitrogens with zero attached hydrogens (tertiary/aromatic N) is 1. The zero-order chi connectivity index (χ0) is 8.27. The average molecular weight is 212 g/mol. The summed E-state index contributed by atoms with van der Waals surface area (Å²) in [7, 11) is 1.54. The van der Waals surface area contributed by atoms with Crippen LogP contribution in [0.25, 0.3) is 0 Å². The monoisotopic (exact) mass is 211 g/mol. The zero-order valence-electron chi connectivity index (χ0n) is 5.97. The molecule has 0 aliphatic carbocycles.